The molecule has 1 saturated heterocycles. The monoisotopic (exact) mass is 316 g/mol. The number of hydrogen-bond donors (Lipinski definition) is 2. The molecule has 0 atom stereocenters. The van der Waals surface area contributed by atoms with Gasteiger partial charge in [0.2, 0.25) is 0 Å². The minimum absolute atomic E-state index is 0.870. The van der Waals surface area contributed by atoms with Gasteiger partial charge in [-0.15, -0.1) is 0 Å². The summed E-state index contributed by atoms with van der Waals surface area (Å²) < 4.78 is 0. The molecule has 0 bridgehead atoms. The maximum Gasteiger partial charge on any atom is 0.190 e. The van der Waals surface area contributed by atoms with Gasteiger partial charge in [0.25, 0.3) is 0 Å². The first-order valence-corrected chi connectivity index (χ1v) is 8.95. The zero-order valence-corrected chi connectivity index (χ0v) is 14.7. The van der Waals surface area contributed by atoms with Crippen molar-refractivity contribution in [3.8, 4) is 0 Å². The number of aliphatic imine (C=N–C) groups is 1. The van der Waals surface area contributed by atoms with E-state index in [-0.39, 0.29) is 0 Å². The summed E-state index contributed by atoms with van der Waals surface area (Å²) in [6, 6.07) is 10.7. The highest BCUT2D eigenvalue weighted by Crippen LogP contribution is 2.18. The Morgan fingerprint density at radius 2 is 1.83 bits per heavy atom. The Morgan fingerprint density at radius 1 is 1.13 bits per heavy atom. The van der Waals surface area contributed by atoms with Gasteiger partial charge in [0.1, 0.15) is 0 Å². The molecule has 0 spiro atoms. The lowest BCUT2D eigenvalue weighted by Crippen LogP contribution is -2.39. The van der Waals surface area contributed by atoms with E-state index in [1.54, 1.807) is 0 Å². The molecule has 128 valence electrons. The number of nitrogens with one attached hydrogen (secondary N) is 2. The highest BCUT2D eigenvalue weighted by Gasteiger charge is 2.16. The highest BCUT2D eigenvalue weighted by atomic mass is 15.2. The van der Waals surface area contributed by atoms with Gasteiger partial charge in [-0.2, -0.15) is 0 Å². The smallest absolute Gasteiger partial charge is 0.190 e. The molecule has 0 aliphatic carbocycles. The molecule has 4 nitrogen and oxygen atoms in total. The summed E-state index contributed by atoms with van der Waals surface area (Å²) in [7, 11) is 4.07. The number of rotatable bonds is 7. The van der Waals surface area contributed by atoms with Gasteiger partial charge in [-0.25, -0.2) is 0 Å². The number of piperidine rings is 1. The molecule has 2 N–H and O–H groups in total. The summed E-state index contributed by atoms with van der Waals surface area (Å²) >= 11 is 0. The van der Waals surface area contributed by atoms with E-state index >= 15 is 0 Å². The van der Waals surface area contributed by atoms with E-state index < -0.39 is 0 Å². The van der Waals surface area contributed by atoms with Gasteiger partial charge in [-0.3, -0.25) is 4.99 Å². The third kappa shape index (κ3) is 7.04. The molecule has 1 aromatic carbocycles. The second kappa shape index (κ2) is 10.3. The van der Waals surface area contributed by atoms with E-state index in [0.29, 0.717) is 0 Å². The van der Waals surface area contributed by atoms with Crippen LogP contribution in [-0.2, 0) is 6.42 Å². The Kier molecular flexibility index (Phi) is 7.95. The van der Waals surface area contributed by atoms with Crippen LogP contribution >= 0.6 is 0 Å². The number of hydrogen-bond acceptors (Lipinski definition) is 2. The first-order chi connectivity index (χ1) is 11.3. The van der Waals surface area contributed by atoms with Gasteiger partial charge in [-0.1, -0.05) is 30.3 Å². The van der Waals surface area contributed by atoms with Crippen molar-refractivity contribution in [3.05, 3.63) is 35.9 Å². The molecular formula is C19H32N4. The van der Waals surface area contributed by atoms with Crippen molar-refractivity contribution in [3.63, 3.8) is 0 Å². The van der Waals surface area contributed by atoms with Crippen LogP contribution in [0.25, 0.3) is 0 Å². The SMILES string of the molecule is CN=C(NCCCc1ccccc1)NCCC1CCN(C)CC1. The molecule has 1 heterocycles. The van der Waals surface area contributed by atoms with E-state index in [1.807, 2.05) is 7.05 Å². The Balaban J connectivity index is 1.55. The van der Waals surface area contributed by atoms with Gasteiger partial charge in [0.05, 0.1) is 0 Å². The van der Waals surface area contributed by atoms with Crippen LogP contribution in [-0.4, -0.2) is 51.1 Å². The van der Waals surface area contributed by atoms with Crippen LogP contribution in [0.1, 0.15) is 31.2 Å². The van der Waals surface area contributed by atoms with Crippen LogP contribution < -0.4 is 10.6 Å². The molecule has 23 heavy (non-hydrogen) atoms. The van der Waals surface area contributed by atoms with Crippen LogP contribution in [0.2, 0.25) is 0 Å². The molecule has 0 amide bonds. The second-order valence-corrected chi connectivity index (χ2v) is 6.55. The van der Waals surface area contributed by atoms with Crippen molar-refractivity contribution in [1.82, 2.24) is 15.5 Å². The summed E-state index contributed by atoms with van der Waals surface area (Å²) in [5.41, 5.74) is 1.40. The van der Waals surface area contributed by atoms with Crippen molar-refractivity contribution in [2.75, 3.05) is 40.3 Å². The first-order valence-electron chi connectivity index (χ1n) is 8.95. The summed E-state index contributed by atoms with van der Waals surface area (Å²) in [4.78, 5) is 6.74. The lowest BCUT2D eigenvalue weighted by atomic mass is 9.94. The zero-order valence-electron chi connectivity index (χ0n) is 14.7. The maximum atomic E-state index is 4.31. The third-order valence-electron chi connectivity index (χ3n) is 4.68. The number of aryl methyl sites for hydroxylation is 1. The van der Waals surface area contributed by atoms with Gasteiger partial charge < -0.3 is 15.5 Å². The molecule has 1 aromatic rings. The number of benzene rings is 1. The summed E-state index contributed by atoms with van der Waals surface area (Å²) in [5, 5.41) is 6.87. The van der Waals surface area contributed by atoms with Crippen LogP contribution in [0, 0.1) is 5.92 Å². The largest absolute Gasteiger partial charge is 0.356 e. The number of nitrogens with zero attached hydrogens (tertiary/aromatic N) is 2. The predicted octanol–water partition coefficient (Wildman–Crippen LogP) is 2.52. The Bertz CT molecular complexity index is 450. The fourth-order valence-electron chi connectivity index (χ4n) is 3.11. The Labute approximate surface area is 141 Å². The summed E-state index contributed by atoms with van der Waals surface area (Å²) in [6.07, 6.45) is 6.15. The van der Waals surface area contributed by atoms with E-state index in [4.69, 9.17) is 0 Å². The van der Waals surface area contributed by atoms with Crippen LogP contribution in [0.4, 0.5) is 0 Å². The lowest BCUT2D eigenvalue weighted by molar-refractivity contribution is 0.213. The van der Waals surface area contributed by atoms with Crippen molar-refractivity contribution in [1.29, 1.82) is 0 Å². The van der Waals surface area contributed by atoms with Crippen molar-refractivity contribution >= 4 is 5.96 Å². The van der Waals surface area contributed by atoms with Crippen LogP contribution in [0.3, 0.4) is 0 Å². The fraction of sp³-hybridized carbons (Fsp3) is 0.632. The molecule has 4 heteroatoms. The standard InChI is InChI=1S/C19H32N4/c1-20-19(21-13-6-9-17-7-4-3-5-8-17)22-14-10-18-11-15-23(2)16-12-18/h3-5,7-8,18H,6,9-16H2,1-2H3,(H2,20,21,22). The molecule has 0 radical (unpaired) electrons. The highest BCUT2D eigenvalue weighted by molar-refractivity contribution is 5.79. The minimum atomic E-state index is 0.870. The third-order valence-corrected chi connectivity index (χ3v) is 4.68. The molecule has 1 aliphatic heterocycles. The summed E-state index contributed by atoms with van der Waals surface area (Å²) in [6.45, 7) is 4.48. The Morgan fingerprint density at radius 3 is 2.52 bits per heavy atom. The normalized spacial score (nSPS) is 17.2. The number of likely N-dealkylation sites (tertiary alicyclic amines) is 1. The van der Waals surface area contributed by atoms with E-state index in [9.17, 15) is 0 Å². The van der Waals surface area contributed by atoms with E-state index in [2.05, 4.69) is 57.9 Å². The molecule has 0 aromatic heterocycles. The fourth-order valence-corrected chi connectivity index (χ4v) is 3.11. The van der Waals surface area contributed by atoms with Crippen molar-refractivity contribution in [2.24, 2.45) is 10.9 Å². The average Bonchev–Trinajstić information content (AvgIpc) is 2.59. The minimum Gasteiger partial charge on any atom is -0.356 e. The topological polar surface area (TPSA) is 39.7 Å². The maximum absolute atomic E-state index is 4.31. The van der Waals surface area contributed by atoms with E-state index in [0.717, 1.165) is 37.8 Å². The van der Waals surface area contributed by atoms with Gasteiger partial charge in [0, 0.05) is 20.1 Å². The second-order valence-electron chi connectivity index (χ2n) is 6.55. The molecule has 0 saturated carbocycles. The van der Waals surface area contributed by atoms with Crippen molar-refractivity contribution < 1.29 is 0 Å². The molecule has 1 fully saturated rings. The average molecular weight is 316 g/mol. The molecule has 2 rings (SSSR count). The Hall–Kier alpha value is -1.55. The van der Waals surface area contributed by atoms with E-state index in [1.165, 1.54) is 37.9 Å². The summed E-state index contributed by atoms with van der Waals surface area (Å²) in [5.74, 6) is 1.81. The predicted molar refractivity (Wildman–Crippen MR) is 99.0 cm³/mol. The van der Waals surface area contributed by atoms with Gasteiger partial charge in [0.15, 0.2) is 5.96 Å². The van der Waals surface area contributed by atoms with Crippen LogP contribution in [0.15, 0.2) is 35.3 Å². The van der Waals surface area contributed by atoms with Crippen molar-refractivity contribution in [2.45, 2.75) is 32.1 Å². The quantitative estimate of drug-likeness (QED) is 0.461. The molecule has 1 aliphatic rings. The van der Waals surface area contributed by atoms with Gasteiger partial charge >= 0.3 is 0 Å². The van der Waals surface area contributed by atoms with Crippen LogP contribution in [0.5, 0.6) is 0 Å². The lowest BCUT2D eigenvalue weighted by Gasteiger charge is -2.29. The molecular weight excluding hydrogens is 284 g/mol. The zero-order chi connectivity index (χ0) is 16.3. The van der Waals surface area contributed by atoms with Gasteiger partial charge in [-0.05, 0) is 63.7 Å². The number of guanidine groups is 1. The first kappa shape index (κ1) is 17.8. The molecule has 0 unspecified atom stereocenters.